The van der Waals surface area contributed by atoms with Gasteiger partial charge in [0.05, 0.1) is 24.1 Å². The average Bonchev–Trinajstić information content (AvgIpc) is 2.42. The molecular formula is C14H21BrN2O3. The minimum Gasteiger partial charge on any atom is -0.490 e. The monoisotopic (exact) mass is 344 g/mol. The van der Waals surface area contributed by atoms with Gasteiger partial charge < -0.3 is 20.5 Å². The van der Waals surface area contributed by atoms with Crippen molar-refractivity contribution in [1.82, 2.24) is 5.32 Å². The van der Waals surface area contributed by atoms with E-state index in [4.69, 9.17) is 15.2 Å². The summed E-state index contributed by atoms with van der Waals surface area (Å²) in [5.41, 5.74) is 6.65. The van der Waals surface area contributed by atoms with Gasteiger partial charge in [-0.3, -0.25) is 4.79 Å². The van der Waals surface area contributed by atoms with E-state index in [1.807, 2.05) is 19.1 Å². The summed E-state index contributed by atoms with van der Waals surface area (Å²) in [7, 11) is 1.60. The van der Waals surface area contributed by atoms with E-state index in [0.717, 1.165) is 16.5 Å². The van der Waals surface area contributed by atoms with Crippen molar-refractivity contribution in [1.29, 1.82) is 0 Å². The number of hydrogen-bond acceptors (Lipinski definition) is 4. The van der Waals surface area contributed by atoms with Gasteiger partial charge in [0.15, 0.2) is 11.5 Å². The van der Waals surface area contributed by atoms with Gasteiger partial charge >= 0.3 is 0 Å². The Hall–Kier alpha value is -1.27. The smallest absolute Gasteiger partial charge is 0.223 e. The molecule has 0 bridgehead atoms. The molecule has 0 fully saturated rings. The molecule has 0 spiro atoms. The summed E-state index contributed by atoms with van der Waals surface area (Å²) in [6.07, 6.45) is 1.08. The van der Waals surface area contributed by atoms with Crippen molar-refractivity contribution in [3.63, 3.8) is 0 Å². The van der Waals surface area contributed by atoms with Crippen LogP contribution in [-0.2, 0) is 11.2 Å². The predicted molar refractivity (Wildman–Crippen MR) is 82.2 cm³/mol. The number of carbonyl (C=O) groups is 1. The van der Waals surface area contributed by atoms with Gasteiger partial charge in [0.25, 0.3) is 0 Å². The fraction of sp³-hybridized carbons (Fsp3) is 0.500. The van der Waals surface area contributed by atoms with Crippen LogP contribution in [0.4, 0.5) is 0 Å². The van der Waals surface area contributed by atoms with Gasteiger partial charge in [0, 0.05) is 7.05 Å². The molecule has 0 saturated heterocycles. The second-order valence-electron chi connectivity index (χ2n) is 4.15. The van der Waals surface area contributed by atoms with E-state index in [-0.39, 0.29) is 5.91 Å². The molecule has 112 valence electrons. The summed E-state index contributed by atoms with van der Waals surface area (Å²) < 4.78 is 12.1. The first-order valence-electron chi connectivity index (χ1n) is 6.61. The van der Waals surface area contributed by atoms with Crippen LogP contribution in [0.3, 0.4) is 0 Å². The maximum Gasteiger partial charge on any atom is 0.223 e. The predicted octanol–water partition coefficient (Wildman–Crippen LogP) is 1.86. The third-order valence-electron chi connectivity index (χ3n) is 2.66. The fourth-order valence-corrected chi connectivity index (χ4v) is 2.31. The minimum absolute atomic E-state index is 0.0566. The first-order chi connectivity index (χ1) is 9.62. The Morgan fingerprint density at radius 3 is 2.75 bits per heavy atom. The third-order valence-corrected chi connectivity index (χ3v) is 3.25. The molecule has 20 heavy (non-hydrogen) atoms. The summed E-state index contributed by atoms with van der Waals surface area (Å²) in [6, 6.07) is 3.89. The minimum atomic E-state index is -0.0566. The van der Waals surface area contributed by atoms with Gasteiger partial charge in [-0.2, -0.15) is 0 Å². The largest absolute Gasteiger partial charge is 0.490 e. The molecule has 0 heterocycles. The molecule has 0 radical (unpaired) electrons. The van der Waals surface area contributed by atoms with Crippen LogP contribution in [-0.4, -0.2) is 32.7 Å². The Balaban J connectivity index is 2.84. The summed E-state index contributed by atoms with van der Waals surface area (Å²) in [4.78, 5) is 11.2. The Morgan fingerprint density at radius 1 is 1.40 bits per heavy atom. The Morgan fingerprint density at radius 2 is 2.15 bits per heavy atom. The number of carbonyl (C=O) groups excluding carboxylic acids is 1. The second kappa shape index (κ2) is 8.81. The summed E-state index contributed by atoms with van der Waals surface area (Å²) >= 11 is 3.48. The van der Waals surface area contributed by atoms with Gasteiger partial charge in [0.2, 0.25) is 5.91 Å². The highest BCUT2D eigenvalue weighted by Gasteiger charge is 2.12. The average molecular weight is 345 g/mol. The molecule has 6 heteroatoms. The van der Waals surface area contributed by atoms with E-state index >= 15 is 0 Å². The molecule has 0 aromatic heterocycles. The maximum absolute atomic E-state index is 11.2. The number of rotatable bonds is 8. The number of benzene rings is 1. The Kier molecular flexibility index (Phi) is 7.40. The molecule has 0 atom stereocenters. The lowest BCUT2D eigenvalue weighted by atomic mass is 10.1. The van der Waals surface area contributed by atoms with Crippen molar-refractivity contribution in [3.8, 4) is 11.5 Å². The SMILES string of the molecule is CCOc1cc(CCN)cc(Br)c1OCCC(=O)NC. The van der Waals surface area contributed by atoms with Gasteiger partial charge in [-0.15, -0.1) is 0 Å². The van der Waals surface area contributed by atoms with Crippen molar-refractivity contribution in [2.75, 3.05) is 26.8 Å². The van der Waals surface area contributed by atoms with E-state index in [2.05, 4.69) is 21.2 Å². The van der Waals surface area contributed by atoms with Gasteiger partial charge in [0.1, 0.15) is 0 Å². The second-order valence-corrected chi connectivity index (χ2v) is 5.00. The molecule has 1 amide bonds. The van der Waals surface area contributed by atoms with Crippen molar-refractivity contribution >= 4 is 21.8 Å². The number of amides is 1. The number of halogens is 1. The van der Waals surface area contributed by atoms with Gasteiger partial charge in [-0.25, -0.2) is 0 Å². The zero-order valence-corrected chi connectivity index (χ0v) is 13.5. The van der Waals surface area contributed by atoms with E-state index in [0.29, 0.717) is 37.7 Å². The third kappa shape index (κ3) is 5.02. The zero-order valence-electron chi connectivity index (χ0n) is 11.9. The quantitative estimate of drug-likeness (QED) is 0.754. The first kappa shape index (κ1) is 16.8. The van der Waals surface area contributed by atoms with Crippen LogP contribution >= 0.6 is 15.9 Å². The van der Waals surface area contributed by atoms with Crippen molar-refractivity contribution < 1.29 is 14.3 Å². The van der Waals surface area contributed by atoms with E-state index in [9.17, 15) is 4.79 Å². The van der Waals surface area contributed by atoms with E-state index in [1.54, 1.807) is 7.05 Å². The Labute approximate surface area is 127 Å². The molecule has 1 aromatic carbocycles. The molecular weight excluding hydrogens is 324 g/mol. The lowest BCUT2D eigenvalue weighted by Gasteiger charge is -2.15. The summed E-state index contributed by atoms with van der Waals surface area (Å²) in [5, 5.41) is 2.56. The van der Waals surface area contributed by atoms with E-state index < -0.39 is 0 Å². The summed E-state index contributed by atoms with van der Waals surface area (Å²) in [6.45, 7) is 3.34. The number of nitrogens with two attached hydrogens (primary N) is 1. The highest BCUT2D eigenvalue weighted by molar-refractivity contribution is 9.10. The molecule has 3 N–H and O–H groups in total. The van der Waals surface area contributed by atoms with Crippen LogP contribution in [0.15, 0.2) is 16.6 Å². The normalized spacial score (nSPS) is 10.2. The van der Waals surface area contributed by atoms with Crippen LogP contribution < -0.4 is 20.5 Å². The molecule has 0 saturated carbocycles. The standard InChI is InChI=1S/C14H21BrN2O3/c1-3-19-12-9-10(4-6-16)8-11(15)14(12)20-7-5-13(18)17-2/h8-9H,3-7,16H2,1-2H3,(H,17,18). The lowest BCUT2D eigenvalue weighted by Crippen LogP contribution is -2.20. The molecule has 5 nitrogen and oxygen atoms in total. The lowest BCUT2D eigenvalue weighted by molar-refractivity contribution is -0.121. The molecule has 1 rings (SSSR count). The van der Waals surface area contributed by atoms with E-state index in [1.165, 1.54) is 0 Å². The van der Waals surface area contributed by atoms with Crippen molar-refractivity contribution in [3.05, 3.63) is 22.2 Å². The molecule has 0 aliphatic rings. The Bertz CT molecular complexity index is 452. The topological polar surface area (TPSA) is 73.6 Å². The molecule has 0 unspecified atom stereocenters. The zero-order chi connectivity index (χ0) is 15.0. The highest BCUT2D eigenvalue weighted by atomic mass is 79.9. The number of hydrogen-bond donors (Lipinski definition) is 2. The van der Waals surface area contributed by atoms with Crippen molar-refractivity contribution in [2.45, 2.75) is 19.8 Å². The van der Waals surface area contributed by atoms with Gasteiger partial charge in [-0.1, -0.05) is 0 Å². The van der Waals surface area contributed by atoms with Gasteiger partial charge in [-0.05, 0) is 53.5 Å². The first-order valence-corrected chi connectivity index (χ1v) is 7.40. The molecule has 0 aliphatic carbocycles. The number of ether oxygens (including phenoxy) is 2. The number of nitrogens with one attached hydrogen (secondary N) is 1. The molecule has 0 aliphatic heterocycles. The van der Waals surface area contributed by atoms with Crippen LogP contribution in [0.1, 0.15) is 18.9 Å². The van der Waals surface area contributed by atoms with Crippen LogP contribution in [0.5, 0.6) is 11.5 Å². The molecule has 1 aromatic rings. The summed E-state index contributed by atoms with van der Waals surface area (Å²) in [5.74, 6) is 1.23. The van der Waals surface area contributed by atoms with Crippen molar-refractivity contribution in [2.24, 2.45) is 5.73 Å². The van der Waals surface area contributed by atoms with Crippen LogP contribution in [0.25, 0.3) is 0 Å². The van der Waals surface area contributed by atoms with Crippen LogP contribution in [0, 0.1) is 0 Å². The maximum atomic E-state index is 11.2. The van der Waals surface area contributed by atoms with Crippen LogP contribution in [0.2, 0.25) is 0 Å². The highest BCUT2D eigenvalue weighted by Crippen LogP contribution is 2.37. The fourth-order valence-electron chi connectivity index (χ4n) is 1.71.